The van der Waals surface area contributed by atoms with Gasteiger partial charge in [0, 0.05) is 17.4 Å². The van der Waals surface area contributed by atoms with Crippen LogP contribution >= 0.6 is 15.9 Å². The van der Waals surface area contributed by atoms with Crippen LogP contribution in [0.2, 0.25) is 0 Å². The fourth-order valence-electron chi connectivity index (χ4n) is 4.02. The van der Waals surface area contributed by atoms with E-state index in [1.807, 2.05) is 13.0 Å². The van der Waals surface area contributed by atoms with Crippen LogP contribution in [0.4, 0.5) is 8.78 Å². The molecule has 0 bridgehead atoms. The molecule has 1 aliphatic heterocycles. The van der Waals surface area contributed by atoms with Crippen molar-refractivity contribution in [3.05, 3.63) is 38.3 Å². The maximum absolute atomic E-state index is 14.5. The topological polar surface area (TPSA) is 34.9 Å². The van der Waals surface area contributed by atoms with Crippen LogP contribution in [0.3, 0.4) is 0 Å². The van der Waals surface area contributed by atoms with Crippen LogP contribution in [0, 0.1) is 6.92 Å². The number of fused-ring (bicyclic) bond motifs is 3. The molecular formula is C16H15BrF2N2O. The van der Waals surface area contributed by atoms with Crippen molar-refractivity contribution in [3.8, 4) is 0 Å². The third kappa shape index (κ3) is 1.64. The van der Waals surface area contributed by atoms with Crippen LogP contribution in [0.5, 0.6) is 0 Å². The Morgan fingerprint density at radius 2 is 2.05 bits per heavy atom. The molecular weight excluding hydrogens is 354 g/mol. The lowest BCUT2D eigenvalue weighted by Gasteiger charge is -2.30. The number of halogens is 3. The molecule has 1 aliphatic carbocycles. The van der Waals surface area contributed by atoms with Gasteiger partial charge >= 0.3 is 0 Å². The van der Waals surface area contributed by atoms with E-state index >= 15 is 0 Å². The standard InChI is InChI=1S/C16H15BrF2N2O/c1-9-7-10-12(11(17)8-9)20-14-15(3-2-4-16(15,18)19)5-6-21(14)13(10)22/h7-8H,2-6H2,1H3. The highest BCUT2D eigenvalue weighted by molar-refractivity contribution is 9.10. The van der Waals surface area contributed by atoms with Crippen molar-refractivity contribution in [2.24, 2.45) is 0 Å². The summed E-state index contributed by atoms with van der Waals surface area (Å²) in [6, 6.07) is 3.64. The highest BCUT2D eigenvalue weighted by atomic mass is 79.9. The van der Waals surface area contributed by atoms with E-state index in [0.717, 1.165) is 5.56 Å². The molecule has 0 saturated heterocycles. The molecule has 22 heavy (non-hydrogen) atoms. The van der Waals surface area contributed by atoms with E-state index in [2.05, 4.69) is 20.9 Å². The number of aromatic nitrogens is 2. The molecule has 116 valence electrons. The number of alkyl halides is 2. The van der Waals surface area contributed by atoms with Gasteiger partial charge in [0.25, 0.3) is 11.5 Å². The first kappa shape index (κ1) is 14.3. The minimum Gasteiger partial charge on any atom is -0.295 e. The van der Waals surface area contributed by atoms with Gasteiger partial charge in [-0.15, -0.1) is 0 Å². The van der Waals surface area contributed by atoms with Gasteiger partial charge in [-0.25, -0.2) is 13.8 Å². The highest BCUT2D eigenvalue weighted by Crippen LogP contribution is 2.55. The van der Waals surface area contributed by atoms with Gasteiger partial charge in [0.15, 0.2) is 0 Å². The molecule has 1 spiro atoms. The van der Waals surface area contributed by atoms with Gasteiger partial charge in [-0.1, -0.05) is 0 Å². The largest absolute Gasteiger partial charge is 0.295 e. The second kappa shape index (κ2) is 4.37. The Morgan fingerprint density at radius 1 is 1.27 bits per heavy atom. The van der Waals surface area contributed by atoms with Gasteiger partial charge in [-0.05, 0) is 59.8 Å². The van der Waals surface area contributed by atoms with E-state index in [1.54, 1.807) is 6.07 Å². The number of nitrogens with zero attached hydrogens (tertiary/aromatic N) is 2. The van der Waals surface area contributed by atoms with E-state index < -0.39 is 11.3 Å². The van der Waals surface area contributed by atoms with Crippen molar-refractivity contribution in [3.63, 3.8) is 0 Å². The first-order valence-electron chi connectivity index (χ1n) is 7.45. The van der Waals surface area contributed by atoms with Gasteiger partial charge in [0.2, 0.25) is 0 Å². The summed E-state index contributed by atoms with van der Waals surface area (Å²) in [5.41, 5.74) is -0.0301. The lowest BCUT2D eigenvalue weighted by atomic mass is 9.81. The molecule has 2 aromatic rings. The Kier molecular flexibility index (Phi) is 2.84. The predicted octanol–water partition coefficient (Wildman–Crippen LogP) is 3.93. The minimum absolute atomic E-state index is 0.115. The summed E-state index contributed by atoms with van der Waals surface area (Å²) in [6.45, 7) is 2.23. The summed E-state index contributed by atoms with van der Waals surface area (Å²) in [5.74, 6) is -2.51. The molecule has 1 atom stereocenters. The molecule has 1 unspecified atom stereocenters. The SMILES string of the molecule is Cc1cc(Br)c2nc3n(c(=O)c2c1)CCC31CCCC1(F)F. The Balaban J connectivity index is 2.08. The molecule has 0 radical (unpaired) electrons. The summed E-state index contributed by atoms with van der Waals surface area (Å²) in [6.07, 6.45) is 1.07. The quantitative estimate of drug-likeness (QED) is 0.706. The van der Waals surface area contributed by atoms with Crippen LogP contribution in [0.25, 0.3) is 10.9 Å². The average molecular weight is 369 g/mol. The van der Waals surface area contributed by atoms with Crippen LogP contribution in [0.1, 0.15) is 37.1 Å². The summed E-state index contributed by atoms with van der Waals surface area (Å²) in [4.78, 5) is 17.3. The maximum Gasteiger partial charge on any atom is 0.261 e. The Morgan fingerprint density at radius 3 is 2.73 bits per heavy atom. The Bertz CT molecular complexity index is 861. The normalized spacial score (nSPS) is 26.0. The van der Waals surface area contributed by atoms with Gasteiger partial charge in [-0.3, -0.25) is 9.36 Å². The lowest BCUT2D eigenvalue weighted by molar-refractivity contribution is -0.0584. The number of aryl methyl sites for hydroxylation is 1. The van der Waals surface area contributed by atoms with E-state index in [1.165, 1.54) is 4.57 Å². The Hall–Kier alpha value is -1.30. The molecule has 0 N–H and O–H groups in total. The van der Waals surface area contributed by atoms with Gasteiger partial charge < -0.3 is 0 Å². The number of hydrogen-bond acceptors (Lipinski definition) is 2. The summed E-state index contributed by atoms with van der Waals surface area (Å²) >= 11 is 3.42. The van der Waals surface area contributed by atoms with Gasteiger partial charge in [-0.2, -0.15) is 0 Å². The molecule has 2 aliphatic rings. The molecule has 1 aromatic heterocycles. The molecule has 0 amide bonds. The fraction of sp³-hybridized carbons (Fsp3) is 0.500. The summed E-state index contributed by atoms with van der Waals surface area (Å²) in [5, 5.41) is 0.494. The highest BCUT2D eigenvalue weighted by Gasteiger charge is 2.62. The molecule has 1 fully saturated rings. The van der Waals surface area contributed by atoms with Crippen molar-refractivity contribution >= 4 is 26.8 Å². The second-order valence-corrected chi connectivity index (χ2v) is 7.28. The van der Waals surface area contributed by atoms with E-state index in [0.29, 0.717) is 41.2 Å². The lowest BCUT2D eigenvalue weighted by Crippen LogP contribution is -2.40. The minimum atomic E-state index is -2.78. The number of rotatable bonds is 0. The van der Waals surface area contributed by atoms with E-state index in [-0.39, 0.29) is 17.8 Å². The van der Waals surface area contributed by atoms with Gasteiger partial charge in [0.05, 0.1) is 16.3 Å². The predicted molar refractivity (Wildman–Crippen MR) is 83.5 cm³/mol. The zero-order valence-electron chi connectivity index (χ0n) is 12.1. The van der Waals surface area contributed by atoms with Crippen LogP contribution in [-0.2, 0) is 12.0 Å². The average Bonchev–Trinajstić information content (AvgIpc) is 2.95. The molecule has 4 rings (SSSR count). The smallest absolute Gasteiger partial charge is 0.261 e. The molecule has 1 saturated carbocycles. The first-order chi connectivity index (χ1) is 10.4. The molecule has 2 heterocycles. The van der Waals surface area contributed by atoms with Crippen molar-refractivity contribution in [2.45, 2.75) is 50.5 Å². The van der Waals surface area contributed by atoms with Crippen molar-refractivity contribution in [2.75, 3.05) is 0 Å². The second-order valence-electron chi connectivity index (χ2n) is 6.43. The molecule has 1 aromatic carbocycles. The zero-order valence-corrected chi connectivity index (χ0v) is 13.7. The van der Waals surface area contributed by atoms with Crippen molar-refractivity contribution in [1.82, 2.24) is 9.55 Å². The fourth-order valence-corrected chi connectivity index (χ4v) is 4.69. The van der Waals surface area contributed by atoms with Crippen molar-refractivity contribution < 1.29 is 8.78 Å². The third-order valence-corrected chi connectivity index (χ3v) is 5.75. The van der Waals surface area contributed by atoms with E-state index in [4.69, 9.17) is 0 Å². The number of benzene rings is 1. The number of hydrogen-bond donors (Lipinski definition) is 0. The maximum atomic E-state index is 14.5. The van der Waals surface area contributed by atoms with Crippen LogP contribution in [0.15, 0.2) is 21.4 Å². The third-order valence-electron chi connectivity index (χ3n) is 5.14. The summed E-state index contributed by atoms with van der Waals surface area (Å²) in [7, 11) is 0. The molecule has 6 heteroatoms. The van der Waals surface area contributed by atoms with Crippen LogP contribution in [-0.4, -0.2) is 15.5 Å². The van der Waals surface area contributed by atoms with Crippen molar-refractivity contribution in [1.29, 1.82) is 0 Å². The molecule has 3 nitrogen and oxygen atoms in total. The monoisotopic (exact) mass is 368 g/mol. The Labute approximate surface area is 134 Å². The van der Waals surface area contributed by atoms with E-state index in [9.17, 15) is 13.6 Å². The summed E-state index contributed by atoms with van der Waals surface area (Å²) < 4.78 is 31.2. The van der Waals surface area contributed by atoms with Gasteiger partial charge in [0.1, 0.15) is 5.82 Å². The first-order valence-corrected chi connectivity index (χ1v) is 8.24. The zero-order chi connectivity index (χ0) is 15.7. The van der Waals surface area contributed by atoms with Crippen LogP contribution < -0.4 is 5.56 Å².